The molecule has 5 aliphatic rings. The minimum absolute atomic E-state index is 0.0313. The second-order valence-corrected chi connectivity index (χ2v) is 21.1. The van der Waals surface area contributed by atoms with Crippen molar-refractivity contribution in [3.63, 3.8) is 0 Å². The molecule has 2 aromatic rings. The van der Waals surface area contributed by atoms with Gasteiger partial charge in [-0.05, 0) is 107 Å². The average molecular weight is 1100 g/mol. The number of fused-ring (bicyclic) bond motifs is 1. The summed E-state index contributed by atoms with van der Waals surface area (Å²) in [5.74, 6) is -0.0911. The van der Waals surface area contributed by atoms with Gasteiger partial charge in [-0.1, -0.05) is 102 Å². The van der Waals surface area contributed by atoms with Crippen LogP contribution in [0.25, 0.3) is 0 Å². The summed E-state index contributed by atoms with van der Waals surface area (Å²) in [6, 6.07) is 11.3. The second kappa shape index (κ2) is 30.5. The molecular formula is C56H74Cl4N6O8. The monoisotopic (exact) mass is 1100 g/mol. The van der Waals surface area contributed by atoms with Crippen LogP contribution in [0.5, 0.6) is 5.75 Å². The molecule has 74 heavy (non-hydrogen) atoms. The van der Waals surface area contributed by atoms with Crippen LogP contribution < -0.4 is 20.3 Å². The van der Waals surface area contributed by atoms with Crippen LogP contribution in [0.2, 0.25) is 10.0 Å². The fourth-order valence-corrected chi connectivity index (χ4v) is 10.8. The number of ether oxygens (including phenoxy) is 4. The molecule has 3 heterocycles. The van der Waals surface area contributed by atoms with Crippen molar-refractivity contribution in [3.8, 4) is 5.75 Å². The molecule has 0 aromatic heterocycles. The molecule has 0 radical (unpaired) electrons. The van der Waals surface area contributed by atoms with Crippen molar-refractivity contribution in [2.24, 2.45) is 0 Å². The molecule has 7 rings (SSSR count). The van der Waals surface area contributed by atoms with Crippen LogP contribution in [0.15, 0.2) is 81.7 Å². The maximum atomic E-state index is 13.0. The summed E-state index contributed by atoms with van der Waals surface area (Å²) in [5.41, 5.74) is 5.74. The number of allylic oxidation sites excluding steroid dienone is 6. The van der Waals surface area contributed by atoms with Gasteiger partial charge in [-0.2, -0.15) is 0 Å². The number of rotatable bonds is 30. The lowest BCUT2D eigenvalue weighted by molar-refractivity contribution is -0.152. The number of anilines is 2. The first-order valence-electron chi connectivity index (χ1n) is 26.8. The Morgan fingerprint density at radius 3 is 2.19 bits per heavy atom. The Morgan fingerprint density at radius 2 is 1.41 bits per heavy atom. The summed E-state index contributed by atoms with van der Waals surface area (Å²) >= 11 is 25.1. The highest BCUT2D eigenvalue weighted by Gasteiger charge is 2.31. The van der Waals surface area contributed by atoms with E-state index in [1.54, 1.807) is 11.0 Å². The molecule has 0 bridgehead atoms. The summed E-state index contributed by atoms with van der Waals surface area (Å²) in [7, 11) is 0. The lowest BCUT2D eigenvalue weighted by Gasteiger charge is -2.38. The Balaban J connectivity index is 0.691. The summed E-state index contributed by atoms with van der Waals surface area (Å²) in [4.78, 5) is 59.5. The van der Waals surface area contributed by atoms with E-state index in [1.807, 2.05) is 36.4 Å². The number of piperazine rings is 1. The fourth-order valence-electron chi connectivity index (χ4n) is 9.90. The number of halogens is 4. The van der Waals surface area contributed by atoms with E-state index < -0.39 is 0 Å². The molecule has 0 saturated carbocycles. The van der Waals surface area contributed by atoms with Crippen LogP contribution in [0.1, 0.15) is 121 Å². The molecule has 1 saturated heterocycles. The van der Waals surface area contributed by atoms with Crippen LogP contribution in [0.3, 0.4) is 0 Å². The largest absolute Gasteiger partial charge is 0.494 e. The van der Waals surface area contributed by atoms with Gasteiger partial charge in [0.25, 0.3) is 0 Å². The molecular weight excluding hydrogens is 1030 g/mol. The first-order chi connectivity index (χ1) is 36.0. The van der Waals surface area contributed by atoms with Crippen molar-refractivity contribution in [2.75, 3.05) is 89.3 Å². The number of aryl methyl sites for hydroxylation is 1. The third-order valence-corrected chi connectivity index (χ3v) is 15.9. The normalized spacial score (nSPS) is 18.1. The number of hydrogen-bond donors (Lipinski definition) is 2. The van der Waals surface area contributed by atoms with E-state index in [4.69, 9.17) is 65.4 Å². The molecule has 1 atom stereocenters. The van der Waals surface area contributed by atoms with E-state index in [0.29, 0.717) is 84.0 Å². The van der Waals surface area contributed by atoms with Crippen LogP contribution in [-0.2, 0) is 39.8 Å². The van der Waals surface area contributed by atoms with Crippen LogP contribution in [-0.4, -0.2) is 124 Å². The van der Waals surface area contributed by atoms with Gasteiger partial charge in [0.15, 0.2) is 13.5 Å². The van der Waals surface area contributed by atoms with Crippen LogP contribution in [0, 0.1) is 0 Å². The number of amides is 2. The topological polar surface area (TPSA) is 142 Å². The van der Waals surface area contributed by atoms with Gasteiger partial charge in [-0.3, -0.25) is 33.9 Å². The Hall–Kier alpha value is -4.28. The van der Waals surface area contributed by atoms with Gasteiger partial charge in [0.1, 0.15) is 5.75 Å². The molecule has 2 aliphatic carbocycles. The summed E-state index contributed by atoms with van der Waals surface area (Å²) in [5, 5.41) is 9.12. The van der Waals surface area contributed by atoms with E-state index in [2.05, 4.69) is 32.6 Å². The van der Waals surface area contributed by atoms with E-state index in [9.17, 15) is 19.2 Å². The van der Waals surface area contributed by atoms with Crippen molar-refractivity contribution in [3.05, 3.63) is 97.3 Å². The minimum atomic E-state index is -0.337. The van der Waals surface area contributed by atoms with E-state index in [1.165, 1.54) is 10.6 Å². The van der Waals surface area contributed by atoms with Gasteiger partial charge in [0.05, 0.1) is 44.2 Å². The number of benzene rings is 2. The molecule has 2 aromatic carbocycles. The summed E-state index contributed by atoms with van der Waals surface area (Å²) in [6.45, 7) is 8.26. The van der Waals surface area contributed by atoms with Crippen molar-refractivity contribution in [1.29, 1.82) is 0 Å². The average Bonchev–Trinajstić information content (AvgIpc) is 3.40. The number of unbranched alkanes of at least 4 members (excludes halogenated alkanes) is 7. The van der Waals surface area contributed by atoms with Gasteiger partial charge in [-0.25, -0.2) is 0 Å². The highest BCUT2D eigenvalue weighted by atomic mass is 35.5. The lowest BCUT2D eigenvalue weighted by atomic mass is 9.93. The highest BCUT2D eigenvalue weighted by Crippen LogP contribution is 2.35. The number of carbonyl (C=O) groups is 4. The number of carbonyl (C=O) groups excluding carboxylic acids is 4. The summed E-state index contributed by atoms with van der Waals surface area (Å²) < 4.78 is 23.5. The van der Waals surface area contributed by atoms with E-state index >= 15 is 0 Å². The van der Waals surface area contributed by atoms with Gasteiger partial charge in [0.2, 0.25) is 11.8 Å². The SMILES string of the molecule is O=C(CCCCCCCCC(=O)OCN1C(=O)CCc2ccc(OCCCCNCCNc3cccc(Cl)c3Cl)cc21)OCN1C(=O)CCC2=C1CC(OCCCCN1CCN(C3=C(Cl)C(Cl)=CCC3)CC1)C=C2. The van der Waals surface area contributed by atoms with Gasteiger partial charge >= 0.3 is 11.9 Å². The Morgan fingerprint density at radius 1 is 0.689 bits per heavy atom. The smallest absolute Gasteiger partial charge is 0.307 e. The van der Waals surface area contributed by atoms with Crippen molar-refractivity contribution < 1.29 is 38.1 Å². The Kier molecular flexibility index (Phi) is 23.6. The maximum Gasteiger partial charge on any atom is 0.307 e. The first-order valence-corrected chi connectivity index (χ1v) is 28.4. The number of nitrogens with zero attached hydrogens (tertiary/aromatic N) is 4. The number of nitrogens with one attached hydrogen (secondary N) is 2. The predicted octanol–water partition coefficient (Wildman–Crippen LogP) is 11.2. The third kappa shape index (κ3) is 17.6. The fraction of sp³-hybridized carbons (Fsp3) is 0.571. The number of hydrogen-bond acceptors (Lipinski definition) is 12. The quantitative estimate of drug-likeness (QED) is 0.0568. The molecule has 404 valence electrons. The van der Waals surface area contributed by atoms with Gasteiger partial charge < -0.3 is 34.5 Å². The molecule has 18 heteroatoms. The minimum Gasteiger partial charge on any atom is -0.494 e. The van der Waals surface area contributed by atoms with E-state index in [-0.39, 0.29) is 56.2 Å². The lowest BCUT2D eigenvalue weighted by Crippen LogP contribution is -2.46. The van der Waals surface area contributed by atoms with Gasteiger partial charge in [0, 0.05) is 95.4 Å². The molecule has 2 N–H and O–H groups in total. The Labute approximate surface area is 457 Å². The van der Waals surface area contributed by atoms with E-state index in [0.717, 1.165) is 145 Å². The third-order valence-electron chi connectivity index (χ3n) is 14.2. The Bertz CT molecular complexity index is 2350. The maximum absolute atomic E-state index is 13.0. The van der Waals surface area contributed by atoms with Crippen molar-refractivity contribution in [2.45, 2.75) is 128 Å². The summed E-state index contributed by atoms with van der Waals surface area (Å²) in [6.07, 6.45) is 19.8. The zero-order valence-electron chi connectivity index (χ0n) is 42.8. The van der Waals surface area contributed by atoms with Crippen molar-refractivity contribution in [1.82, 2.24) is 20.0 Å². The molecule has 0 spiro atoms. The molecule has 3 aliphatic heterocycles. The molecule has 2 amide bonds. The van der Waals surface area contributed by atoms with Crippen molar-refractivity contribution >= 4 is 81.5 Å². The zero-order valence-corrected chi connectivity index (χ0v) is 45.8. The molecule has 1 unspecified atom stereocenters. The predicted molar refractivity (Wildman–Crippen MR) is 294 cm³/mol. The van der Waals surface area contributed by atoms with Crippen LogP contribution in [0.4, 0.5) is 11.4 Å². The van der Waals surface area contributed by atoms with Crippen LogP contribution >= 0.6 is 46.4 Å². The molecule has 1 fully saturated rings. The first kappa shape index (κ1) is 57.4. The standard InChI is InChI=1S/C56H74Cl4N6O8/c57-45-13-11-15-47(55(45)59)62-29-28-61-27-7-9-35-71-43-23-19-41-21-25-51(67)65(49(41)37-43)39-73-53(69)17-5-3-1-2-4-6-18-54(70)74-40-66-50-38-44(24-20-42(50)22-26-52(66)68)72-36-10-8-30-63-31-33-64(34-32-63)48-16-12-14-46(58)56(48)60/h11,13-15,19-20,23-24,37,44,61-62H,1-10,12,16-18,21-22,25-36,38-40H2. The highest BCUT2D eigenvalue weighted by molar-refractivity contribution is 6.44. The molecule has 14 nitrogen and oxygen atoms in total. The second-order valence-electron chi connectivity index (χ2n) is 19.5. The zero-order chi connectivity index (χ0) is 52.1. The number of esters is 2. The van der Waals surface area contributed by atoms with Gasteiger partial charge in [-0.15, -0.1) is 0 Å².